The topological polar surface area (TPSA) is 52.6 Å². The second-order valence-electron chi connectivity index (χ2n) is 6.43. The number of benzene rings is 1. The van der Waals surface area contributed by atoms with Gasteiger partial charge in [0.25, 0.3) is 0 Å². The minimum absolute atomic E-state index is 0.0404. The maximum absolute atomic E-state index is 12.0. The summed E-state index contributed by atoms with van der Waals surface area (Å²) in [6.45, 7) is 5.13. The number of carbonyl (C=O) groups is 1. The third-order valence-corrected chi connectivity index (χ3v) is 3.92. The minimum Gasteiger partial charge on any atom is -0.392 e. The standard InChI is InChI=1S/C17H26N2O2/c1-12(2)14-5-4-6-15(9-14)18-17(21)11-19(3)10-16(20)13-7-8-13/h4-6,9,12-13,16,20H,7-8,10-11H2,1-3H3,(H,18,21). The van der Waals surface area contributed by atoms with Crippen molar-refractivity contribution in [2.75, 3.05) is 25.5 Å². The first-order valence-electron chi connectivity index (χ1n) is 7.72. The van der Waals surface area contributed by atoms with Gasteiger partial charge in [-0.1, -0.05) is 26.0 Å². The molecule has 0 saturated heterocycles. The van der Waals surface area contributed by atoms with Crippen molar-refractivity contribution in [3.05, 3.63) is 29.8 Å². The number of likely N-dealkylation sites (N-methyl/N-ethyl adjacent to an activating group) is 1. The molecule has 1 saturated carbocycles. The Hall–Kier alpha value is -1.39. The number of aliphatic hydroxyl groups is 1. The van der Waals surface area contributed by atoms with Gasteiger partial charge < -0.3 is 10.4 Å². The van der Waals surface area contributed by atoms with Crippen LogP contribution in [0.15, 0.2) is 24.3 Å². The Labute approximate surface area is 127 Å². The monoisotopic (exact) mass is 290 g/mol. The third-order valence-electron chi connectivity index (χ3n) is 3.92. The molecule has 1 unspecified atom stereocenters. The fraction of sp³-hybridized carbons (Fsp3) is 0.588. The minimum atomic E-state index is -0.299. The summed E-state index contributed by atoms with van der Waals surface area (Å²) in [7, 11) is 1.87. The second-order valence-corrected chi connectivity index (χ2v) is 6.43. The summed E-state index contributed by atoms with van der Waals surface area (Å²) in [5.74, 6) is 0.845. The first-order valence-corrected chi connectivity index (χ1v) is 7.72. The van der Waals surface area contributed by atoms with Crippen LogP contribution in [0, 0.1) is 5.92 Å². The Morgan fingerprint density at radius 2 is 2.14 bits per heavy atom. The number of anilines is 1. The van der Waals surface area contributed by atoms with Crippen LogP contribution < -0.4 is 5.32 Å². The van der Waals surface area contributed by atoms with Crippen LogP contribution in [0.5, 0.6) is 0 Å². The van der Waals surface area contributed by atoms with Crippen LogP contribution >= 0.6 is 0 Å². The van der Waals surface area contributed by atoms with Crippen molar-refractivity contribution in [3.8, 4) is 0 Å². The third kappa shape index (κ3) is 5.14. The molecule has 0 aliphatic heterocycles. The number of amides is 1. The lowest BCUT2D eigenvalue weighted by molar-refractivity contribution is -0.117. The van der Waals surface area contributed by atoms with Gasteiger partial charge in [-0.25, -0.2) is 0 Å². The van der Waals surface area contributed by atoms with Gasteiger partial charge in [-0.2, -0.15) is 0 Å². The van der Waals surface area contributed by atoms with Crippen LogP contribution in [-0.2, 0) is 4.79 Å². The van der Waals surface area contributed by atoms with E-state index in [2.05, 4.69) is 25.2 Å². The largest absolute Gasteiger partial charge is 0.392 e. The molecule has 1 atom stereocenters. The van der Waals surface area contributed by atoms with Crippen LogP contribution in [0.25, 0.3) is 0 Å². The smallest absolute Gasteiger partial charge is 0.238 e. The fourth-order valence-electron chi connectivity index (χ4n) is 2.44. The van der Waals surface area contributed by atoms with Crippen LogP contribution in [0.1, 0.15) is 38.2 Å². The molecule has 0 bridgehead atoms. The highest BCUT2D eigenvalue weighted by Gasteiger charge is 2.30. The molecule has 1 amide bonds. The summed E-state index contributed by atoms with van der Waals surface area (Å²) in [6.07, 6.45) is 1.93. The van der Waals surface area contributed by atoms with E-state index >= 15 is 0 Å². The van der Waals surface area contributed by atoms with E-state index in [1.807, 2.05) is 30.1 Å². The Morgan fingerprint density at radius 1 is 1.43 bits per heavy atom. The maximum atomic E-state index is 12.0. The van der Waals surface area contributed by atoms with Gasteiger partial charge >= 0.3 is 0 Å². The molecule has 4 nitrogen and oxygen atoms in total. The number of carbonyl (C=O) groups excluding carboxylic acids is 1. The molecular weight excluding hydrogens is 264 g/mol. The number of nitrogens with zero attached hydrogens (tertiary/aromatic N) is 1. The highest BCUT2D eigenvalue weighted by atomic mass is 16.3. The normalized spacial score (nSPS) is 16.3. The first-order chi connectivity index (χ1) is 9.95. The van der Waals surface area contributed by atoms with Crippen molar-refractivity contribution in [1.29, 1.82) is 0 Å². The molecule has 1 aromatic carbocycles. The van der Waals surface area contributed by atoms with Gasteiger partial charge in [0.2, 0.25) is 5.91 Å². The zero-order valence-corrected chi connectivity index (χ0v) is 13.2. The highest BCUT2D eigenvalue weighted by molar-refractivity contribution is 5.92. The summed E-state index contributed by atoms with van der Waals surface area (Å²) in [4.78, 5) is 13.9. The van der Waals surface area contributed by atoms with Crippen molar-refractivity contribution < 1.29 is 9.90 Å². The fourth-order valence-corrected chi connectivity index (χ4v) is 2.44. The molecular formula is C17H26N2O2. The summed E-state index contributed by atoms with van der Waals surface area (Å²) in [6, 6.07) is 7.95. The van der Waals surface area contributed by atoms with E-state index in [0.29, 0.717) is 24.9 Å². The molecule has 1 aromatic rings. The quantitative estimate of drug-likeness (QED) is 0.811. The van der Waals surface area contributed by atoms with E-state index < -0.39 is 0 Å². The van der Waals surface area contributed by atoms with Crippen LogP contribution in [-0.4, -0.2) is 42.2 Å². The summed E-state index contributed by atoms with van der Waals surface area (Å²) >= 11 is 0. The molecule has 0 heterocycles. The molecule has 0 aromatic heterocycles. The molecule has 1 aliphatic carbocycles. The predicted octanol–water partition coefficient (Wildman–Crippen LogP) is 2.45. The van der Waals surface area contributed by atoms with Gasteiger partial charge in [0.05, 0.1) is 12.6 Å². The average molecular weight is 290 g/mol. The Balaban J connectivity index is 1.81. The summed E-state index contributed by atoms with van der Waals surface area (Å²) in [5, 5.41) is 12.8. The van der Waals surface area contributed by atoms with E-state index in [4.69, 9.17) is 0 Å². The molecule has 1 fully saturated rings. The average Bonchev–Trinajstić information content (AvgIpc) is 3.22. The van der Waals surface area contributed by atoms with E-state index in [-0.39, 0.29) is 12.0 Å². The number of nitrogens with one attached hydrogen (secondary N) is 1. The molecule has 2 rings (SSSR count). The Morgan fingerprint density at radius 3 is 2.76 bits per heavy atom. The molecule has 4 heteroatoms. The maximum Gasteiger partial charge on any atom is 0.238 e. The van der Waals surface area contributed by atoms with E-state index in [0.717, 1.165) is 18.5 Å². The highest BCUT2D eigenvalue weighted by Crippen LogP contribution is 2.32. The van der Waals surface area contributed by atoms with Gasteiger partial charge in [-0.3, -0.25) is 9.69 Å². The molecule has 0 spiro atoms. The van der Waals surface area contributed by atoms with Gasteiger partial charge in [-0.05, 0) is 49.4 Å². The van der Waals surface area contributed by atoms with E-state index in [1.54, 1.807) is 0 Å². The summed E-state index contributed by atoms with van der Waals surface area (Å²) in [5.41, 5.74) is 2.05. The number of rotatable bonds is 7. The van der Waals surface area contributed by atoms with E-state index in [1.165, 1.54) is 5.56 Å². The lowest BCUT2D eigenvalue weighted by Crippen LogP contribution is -2.36. The Kier molecular flexibility index (Phi) is 5.37. The van der Waals surface area contributed by atoms with Crippen molar-refractivity contribution in [3.63, 3.8) is 0 Å². The lowest BCUT2D eigenvalue weighted by atomic mass is 10.0. The molecule has 2 N–H and O–H groups in total. The van der Waals surface area contributed by atoms with Crippen molar-refractivity contribution >= 4 is 11.6 Å². The predicted molar refractivity (Wildman–Crippen MR) is 85.4 cm³/mol. The van der Waals surface area contributed by atoms with Gasteiger partial charge in [0.1, 0.15) is 0 Å². The lowest BCUT2D eigenvalue weighted by Gasteiger charge is -2.20. The van der Waals surface area contributed by atoms with Crippen molar-refractivity contribution in [1.82, 2.24) is 4.90 Å². The van der Waals surface area contributed by atoms with E-state index in [9.17, 15) is 9.90 Å². The number of aliphatic hydroxyl groups excluding tert-OH is 1. The van der Waals surface area contributed by atoms with Gasteiger partial charge in [0, 0.05) is 12.2 Å². The van der Waals surface area contributed by atoms with Crippen molar-refractivity contribution in [2.24, 2.45) is 5.92 Å². The van der Waals surface area contributed by atoms with Gasteiger partial charge in [0.15, 0.2) is 0 Å². The Bertz CT molecular complexity index is 483. The number of hydrogen-bond donors (Lipinski definition) is 2. The molecule has 1 aliphatic rings. The molecule has 0 radical (unpaired) electrons. The SMILES string of the molecule is CC(C)c1cccc(NC(=O)CN(C)CC(O)C2CC2)c1. The molecule has 21 heavy (non-hydrogen) atoms. The van der Waals surface area contributed by atoms with Crippen LogP contribution in [0.3, 0.4) is 0 Å². The zero-order chi connectivity index (χ0) is 15.4. The summed E-state index contributed by atoms with van der Waals surface area (Å²) < 4.78 is 0. The van der Waals surface area contributed by atoms with Crippen molar-refractivity contribution in [2.45, 2.75) is 38.7 Å². The zero-order valence-electron chi connectivity index (χ0n) is 13.2. The first kappa shape index (κ1) is 16.0. The van der Waals surface area contributed by atoms with Crippen LogP contribution in [0.2, 0.25) is 0 Å². The van der Waals surface area contributed by atoms with Crippen LogP contribution in [0.4, 0.5) is 5.69 Å². The number of hydrogen-bond acceptors (Lipinski definition) is 3. The van der Waals surface area contributed by atoms with Gasteiger partial charge in [-0.15, -0.1) is 0 Å². The second kappa shape index (κ2) is 7.05. The molecule has 116 valence electrons.